The van der Waals surface area contributed by atoms with E-state index in [1.807, 2.05) is 6.07 Å². The van der Waals surface area contributed by atoms with Crippen LogP contribution < -0.4 is 4.90 Å². The molecule has 2 rings (SSSR count). The highest BCUT2D eigenvalue weighted by Crippen LogP contribution is 2.28. The molecular weight excluding hydrogens is 230 g/mol. The third-order valence-corrected chi connectivity index (χ3v) is 2.80. The second-order valence-corrected chi connectivity index (χ2v) is 4.40. The fraction of sp³-hybridized carbons (Fsp3) is 0.231. The smallest absolute Gasteiger partial charge is 0.233 e. The molecule has 0 aromatic carbocycles. The average Bonchev–Trinajstić information content (AvgIpc) is 2.39. The van der Waals surface area contributed by atoms with Crippen LogP contribution in [0.15, 0.2) is 30.6 Å². The summed E-state index contributed by atoms with van der Waals surface area (Å²) in [5, 5.41) is 8.67. The summed E-state index contributed by atoms with van der Waals surface area (Å²) in [7, 11) is 0. The zero-order valence-corrected chi connectivity index (χ0v) is 9.83. The molecule has 0 saturated heterocycles. The monoisotopic (exact) mass is 241 g/mol. The van der Waals surface area contributed by atoms with Crippen molar-refractivity contribution in [3.05, 3.63) is 36.2 Å². The topological polar surface area (TPSA) is 74.1 Å². The Kier molecular flexibility index (Phi) is 2.94. The van der Waals surface area contributed by atoms with Crippen molar-refractivity contribution in [3.8, 4) is 6.07 Å². The van der Waals surface area contributed by atoms with Crippen LogP contribution in [0.4, 0.5) is 5.82 Å². The molecule has 0 radical (unpaired) electrons. The molecular formula is C13H11N3O2. The van der Waals surface area contributed by atoms with Gasteiger partial charge in [-0.3, -0.25) is 9.69 Å². The molecule has 90 valence electrons. The van der Waals surface area contributed by atoms with Crippen molar-refractivity contribution in [1.82, 2.24) is 4.98 Å². The van der Waals surface area contributed by atoms with Crippen LogP contribution in [0.2, 0.25) is 0 Å². The van der Waals surface area contributed by atoms with E-state index in [0.29, 0.717) is 11.4 Å². The van der Waals surface area contributed by atoms with Gasteiger partial charge in [-0.15, -0.1) is 0 Å². The largest absolute Gasteiger partial charge is 0.302 e. The van der Waals surface area contributed by atoms with E-state index in [-0.39, 0.29) is 12.3 Å². The van der Waals surface area contributed by atoms with E-state index >= 15 is 0 Å². The lowest BCUT2D eigenvalue weighted by Crippen LogP contribution is -2.36. The Balaban J connectivity index is 2.30. The summed E-state index contributed by atoms with van der Waals surface area (Å²) in [4.78, 5) is 28.2. The normalized spacial score (nSPS) is 22.7. The number of anilines is 1. The molecule has 0 saturated carbocycles. The first-order valence-corrected chi connectivity index (χ1v) is 5.42. The SMILES string of the molecule is CC1(C=O)C=CN(c2ccc(C#N)cn2)C(=O)C1. The summed E-state index contributed by atoms with van der Waals surface area (Å²) >= 11 is 0. The summed E-state index contributed by atoms with van der Waals surface area (Å²) in [6, 6.07) is 5.16. The number of nitrogens with zero attached hydrogens (tertiary/aromatic N) is 3. The standard InChI is InChI=1S/C13H11N3O2/c1-13(9-17)4-5-16(12(18)6-13)11-3-2-10(7-14)8-15-11/h2-5,8-9H,6H2,1H3. The summed E-state index contributed by atoms with van der Waals surface area (Å²) in [5.74, 6) is 0.257. The first kappa shape index (κ1) is 12.0. The Bertz CT molecular complexity index is 557. The van der Waals surface area contributed by atoms with Gasteiger partial charge in [0.2, 0.25) is 5.91 Å². The highest BCUT2D eigenvalue weighted by Gasteiger charge is 2.31. The molecule has 1 aromatic heterocycles. The van der Waals surface area contributed by atoms with Gasteiger partial charge < -0.3 is 4.79 Å². The third-order valence-electron chi connectivity index (χ3n) is 2.80. The molecule has 1 aromatic rings. The number of carbonyl (C=O) groups is 2. The van der Waals surface area contributed by atoms with Crippen LogP contribution in [0.3, 0.4) is 0 Å². The Labute approximate surface area is 104 Å². The maximum absolute atomic E-state index is 11.9. The van der Waals surface area contributed by atoms with E-state index in [9.17, 15) is 9.59 Å². The van der Waals surface area contributed by atoms with Gasteiger partial charge in [0.15, 0.2) is 0 Å². The Morgan fingerprint density at radius 1 is 1.56 bits per heavy atom. The van der Waals surface area contributed by atoms with Crippen LogP contribution in [0.5, 0.6) is 0 Å². The molecule has 1 aliphatic rings. The predicted molar refractivity (Wildman–Crippen MR) is 64.4 cm³/mol. The van der Waals surface area contributed by atoms with Crippen molar-refractivity contribution in [2.45, 2.75) is 13.3 Å². The van der Waals surface area contributed by atoms with Crippen molar-refractivity contribution >= 4 is 18.0 Å². The molecule has 5 nitrogen and oxygen atoms in total. The Morgan fingerprint density at radius 3 is 2.83 bits per heavy atom. The Morgan fingerprint density at radius 2 is 2.33 bits per heavy atom. The van der Waals surface area contributed by atoms with E-state index < -0.39 is 5.41 Å². The first-order valence-electron chi connectivity index (χ1n) is 5.42. The fourth-order valence-corrected chi connectivity index (χ4v) is 1.68. The van der Waals surface area contributed by atoms with Gasteiger partial charge in [-0.25, -0.2) is 4.98 Å². The number of allylic oxidation sites excluding steroid dienone is 1. The van der Waals surface area contributed by atoms with Crippen LogP contribution in [0, 0.1) is 16.7 Å². The van der Waals surface area contributed by atoms with Crippen LogP contribution in [0.1, 0.15) is 18.9 Å². The molecule has 2 heterocycles. The average molecular weight is 241 g/mol. The van der Waals surface area contributed by atoms with E-state index in [0.717, 1.165) is 6.29 Å². The van der Waals surface area contributed by atoms with Gasteiger partial charge >= 0.3 is 0 Å². The second kappa shape index (κ2) is 4.41. The van der Waals surface area contributed by atoms with Gasteiger partial charge in [0.25, 0.3) is 0 Å². The van der Waals surface area contributed by atoms with Gasteiger partial charge in [0.05, 0.1) is 11.0 Å². The fourth-order valence-electron chi connectivity index (χ4n) is 1.68. The summed E-state index contributed by atoms with van der Waals surface area (Å²) < 4.78 is 0. The minimum absolute atomic E-state index is 0.120. The van der Waals surface area contributed by atoms with E-state index in [4.69, 9.17) is 5.26 Å². The first-order chi connectivity index (χ1) is 8.58. The highest BCUT2D eigenvalue weighted by molar-refractivity contribution is 5.97. The number of nitriles is 1. The van der Waals surface area contributed by atoms with E-state index in [1.54, 1.807) is 31.3 Å². The molecule has 5 heteroatoms. The molecule has 1 amide bonds. The minimum atomic E-state index is -0.736. The molecule has 0 N–H and O–H groups in total. The van der Waals surface area contributed by atoms with Gasteiger partial charge in [0, 0.05) is 18.8 Å². The van der Waals surface area contributed by atoms with Gasteiger partial charge in [0.1, 0.15) is 18.2 Å². The zero-order chi connectivity index (χ0) is 13.2. The van der Waals surface area contributed by atoms with Crippen LogP contribution in [0.25, 0.3) is 0 Å². The molecule has 0 fully saturated rings. The zero-order valence-electron chi connectivity index (χ0n) is 9.83. The number of amides is 1. The number of hydrogen-bond acceptors (Lipinski definition) is 4. The minimum Gasteiger partial charge on any atom is -0.302 e. The van der Waals surface area contributed by atoms with E-state index in [2.05, 4.69) is 4.98 Å². The predicted octanol–water partition coefficient (Wildman–Crippen LogP) is 1.41. The van der Waals surface area contributed by atoms with Gasteiger partial charge in [-0.05, 0) is 19.1 Å². The number of hydrogen-bond donors (Lipinski definition) is 0. The van der Waals surface area contributed by atoms with Crippen molar-refractivity contribution in [2.75, 3.05) is 4.90 Å². The molecule has 1 aliphatic heterocycles. The second-order valence-electron chi connectivity index (χ2n) is 4.40. The molecule has 0 spiro atoms. The van der Waals surface area contributed by atoms with Gasteiger partial charge in [-0.1, -0.05) is 6.08 Å². The number of carbonyl (C=O) groups excluding carboxylic acids is 2. The van der Waals surface area contributed by atoms with Crippen molar-refractivity contribution in [3.63, 3.8) is 0 Å². The number of pyridine rings is 1. The van der Waals surface area contributed by atoms with Gasteiger partial charge in [-0.2, -0.15) is 5.26 Å². The van der Waals surface area contributed by atoms with Crippen molar-refractivity contribution in [2.24, 2.45) is 5.41 Å². The highest BCUT2D eigenvalue weighted by atomic mass is 16.2. The van der Waals surface area contributed by atoms with Crippen LogP contribution in [-0.2, 0) is 9.59 Å². The number of aldehydes is 1. The lowest BCUT2D eigenvalue weighted by atomic mass is 9.86. The summed E-state index contributed by atoms with van der Waals surface area (Å²) in [6.45, 7) is 1.71. The maximum Gasteiger partial charge on any atom is 0.233 e. The van der Waals surface area contributed by atoms with Crippen LogP contribution >= 0.6 is 0 Å². The molecule has 1 unspecified atom stereocenters. The van der Waals surface area contributed by atoms with E-state index in [1.165, 1.54) is 11.1 Å². The van der Waals surface area contributed by atoms with Crippen LogP contribution in [-0.4, -0.2) is 17.2 Å². The Hall–Kier alpha value is -2.48. The quantitative estimate of drug-likeness (QED) is 0.734. The lowest BCUT2D eigenvalue weighted by molar-refractivity contribution is -0.124. The molecule has 18 heavy (non-hydrogen) atoms. The molecule has 1 atom stereocenters. The lowest BCUT2D eigenvalue weighted by Gasteiger charge is -2.28. The number of aromatic nitrogens is 1. The maximum atomic E-state index is 11.9. The van der Waals surface area contributed by atoms with Crippen molar-refractivity contribution in [1.29, 1.82) is 5.26 Å². The molecule has 0 aliphatic carbocycles. The van der Waals surface area contributed by atoms with Crippen molar-refractivity contribution < 1.29 is 9.59 Å². The summed E-state index contributed by atoms with van der Waals surface area (Å²) in [6.07, 6.45) is 5.53. The molecule has 0 bridgehead atoms. The number of rotatable bonds is 2. The third kappa shape index (κ3) is 2.13. The summed E-state index contributed by atoms with van der Waals surface area (Å²) in [5.41, 5.74) is -0.301.